The number of hydrogen-bond donors (Lipinski definition) is 2. The van der Waals surface area contributed by atoms with E-state index < -0.39 is 11.8 Å². The number of methoxy groups -OCH3 is 2. The van der Waals surface area contributed by atoms with E-state index in [0.717, 1.165) is 39.3 Å². The lowest BCUT2D eigenvalue weighted by Gasteiger charge is -2.26. The Morgan fingerprint density at radius 2 is 1.92 bits per heavy atom. The summed E-state index contributed by atoms with van der Waals surface area (Å²) in [5.74, 6) is -0.370. The first-order valence-electron chi connectivity index (χ1n) is 8.25. The van der Waals surface area contributed by atoms with Crippen LogP contribution in [0.15, 0.2) is 18.2 Å². The van der Waals surface area contributed by atoms with Gasteiger partial charge in [0.25, 0.3) is 0 Å². The van der Waals surface area contributed by atoms with Crippen LogP contribution >= 0.6 is 0 Å². The molecule has 0 spiro atoms. The van der Waals surface area contributed by atoms with Gasteiger partial charge in [0.05, 0.1) is 33.1 Å². The SMILES string of the molecule is COc1ccc(NC(=O)C(=O)NCCCN2CCOCC2)c(OC)c1. The molecule has 2 N–H and O–H groups in total. The lowest BCUT2D eigenvalue weighted by Crippen LogP contribution is -2.39. The summed E-state index contributed by atoms with van der Waals surface area (Å²) in [6.07, 6.45) is 0.783. The first kappa shape index (κ1) is 19.0. The van der Waals surface area contributed by atoms with Crippen LogP contribution < -0.4 is 20.1 Å². The molecule has 0 aliphatic carbocycles. The molecule has 1 heterocycles. The molecule has 0 bridgehead atoms. The molecular weight excluding hydrogens is 326 g/mol. The van der Waals surface area contributed by atoms with Crippen molar-refractivity contribution in [3.63, 3.8) is 0 Å². The van der Waals surface area contributed by atoms with Crippen molar-refractivity contribution in [1.82, 2.24) is 10.2 Å². The molecule has 1 aromatic carbocycles. The van der Waals surface area contributed by atoms with Gasteiger partial charge in [-0.3, -0.25) is 14.5 Å². The number of carbonyl (C=O) groups excluding carboxylic acids is 2. The van der Waals surface area contributed by atoms with E-state index >= 15 is 0 Å². The molecule has 0 unspecified atom stereocenters. The summed E-state index contributed by atoms with van der Waals surface area (Å²) in [4.78, 5) is 26.2. The molecule has 138 valence electrons. The van der Waals surface area contributed by atoms with Gasteiger partial charge in [-0.05, 0) is 25.1 Å². The molecule has 8 nitrogen and oxygen atoms in total. The first-order valence-corrected chi connectivity index (χ1v) is 8.25. The fraction of sp³-hybridized carbons (Fsp3) is 0.529. The molecule has 1 aliphatic heterocycles. The van der Waals surface area contributed by atoms with Gasteiger partial charge in [-0.25, -0.2) is 0 Å². The van der Waals surface area contributed by atoms with Crippen LogP contribution in [0.4, 0.5) is 5.69 Å². The van der Waals surface area contributed by atoms with E-state index in [1.165, 1.54) is 14.2 Å². The van der Waals surface area contributed by atoms with E-state index in [-0.39, 0.29) is 0 Å². The van der Waals surface area contributed by atoms with E-state index in [9.17, 15) is 9.59 Å². The maximum atomic E-state index is 12.0. The summed E-state index contributed by atoms with van der Waals surface area (Å²) in [6.45, 7) is 4.63. The fourth-order valence-electron chi connectivity index (χ4n) is 2.49. The molecule has 1 aliphatic rings. The molecule has 0 radical (unpaired) electrons. The number of amides is 2. The highest BCUT2D eigenvalue weighted by Gasteiger charge is 2.16. The largest absolute Gasteiger partial charge is 0.497 e. The van der Waals surface area contributed by atoms with E-state index in [1.54, 1.807) is 18.2 Å². The Kier molecular flexibility index (Phi) is 7.49. The maximum Gasteiger partial charge on any atom is 0.313 e. The van der Waals surface area contributed by atoms with Crippen LogP contribution in [0, 0.1) is 0 Å². The van der Waals surface area contributed by atoms with Crippen molar-refractivity contribution in [2.75, 3.05) is 58.9 Å². The third-order valence-corrected chi connectivity index (χ3v) is 3.90. The van der Waals surface area contributed by atoms with Crippen molar-refractivity contribution in [1.29, 1.82) is 0 Å². The molecule has 8 heteroatoms. The van der Waals surface area contributed by atoms with Gasteiger partial charge in [-0.1, -0.05) is 0 Å². The van der Waals surface area contributed by atoms with Gasteiger partial charge < -0.3 is 24.8 Å². The molecule has 2 rings (SSSR count). The van der Waals surface area contributed by atoms with E-state index in [0.29, 0.717) is 23.7 Å². The third kappa shape index (κ3) is 5.91. The summed E-state index contributed by atoms with van der Waals surface area (Å²) < 4.78 is 15.6. The number of morpholine rings is 1. The van der Waals surface area contributed by atoms with E-state index in [4.69, 9.17) is 14.2 Å². The second-order valence-electron chi connectivity index (χ2n) is 5.58. The molecule has 1 aromatic rings. The summed E-state index contributed by atoms with van der Waals surface area (Å²) in [6, 6.07) is 4.94. The summed E-state index contributed by atoms with van der Waals surface area (Å²) >= 11 is 0. The van der Waals surface area contributed by atoms with Crippen molar-refractivity contribution in [3.05, 3.63) is 18.2 Å². The van der Waals surface area contributed by atoms with Crippen molar-refractivity contribution >= 4 is 17.5 Å². The van der Waals surface area contributed by atoms with Crippen molar-refractivity contribution in [2.45, 2.75) is 6.42 Å². The number of carbonyl (C=O) groups is 2. The maximum absolute atomic E-state index is 12.0. The second-order valence-corrected chi connectivity index (χ2v) is 5.58. The van der Waals surface area contributed by atoms with Crippen LogP contribution in [-0.4, -0.2) is 70.3 Å². The van der Waals surface area contributed by atoms with Crippen LogP contribution in [0.2, 0.25) is 0 Å². The average Bonchev–Trinajstić information content (AvgIpc) is 2.66. The first-order chi connectivity index (χ1) is 12.1. The van der Waals surface area contributed by atoms with Gasteiger partial charge in [0.15, 0.2) is 0 Å². The number of rotatable bonds is 7. The van der Waals surface area contributed by atoms with Crippen LogP contribution in [0.25, 0.3) is 0 Å². The Labute approximate surface area is 147 Å². The summed E-state index contributed by atoms with van der Waals surface area (Å²) in [5.41, 5.74) is 0.414. The zero-order valence-electron chi connectivity index (χ0n) is 14.7. The zero-order valence-corrected chi connectivity index (χ0v) is 14.7. The zero-order chi connectivity index (χ0) is 18.1. The predicted octanol–water partition coefficient (Wildman–Crippen LogP) is 0.481. The number of nitrogens with zero attached hydrogens (tertiary/aromatic N) is 1. The number of nitrogens with one attached hydrogen (secondary N) is 2. The Morgan fingerprint density at radius 3 is 2.60 bits per heavy atom. The Bertz CT molecular complexity index is 588. The van der Waals surface area contributed by atoms with Gasteiger partial charge in [-0.2, -0.15) is 0 Å². The van der Waals surface area contributed by atoms with Crippen molar-refractivity contribution in [2.24, 2.45) is 0 Å². The molecule has 1 fully saturated rings. The number of benzene rings is 1. The lowest BCUT2D eigenvalue weighted by atomic mass is 10.2. The second kappa shape index (κ2) is 9.85. The van der Waals surface area contributed by atoms with Gasteiger partial charge in [0.2, 0.25) is 0 Å². The molecule has 0 aromatic heterocycles. The van der Waals surface area contributed by atoms with E-state index in [1.807, 2.05) is 0 Å². The number of hydrogen-bond acceptors (Lipinski definition) is 6. The van der Waals surface area contributed by atoms with Crippen LogP contribution in [0.3, 0.4) is 0 Å². The van der Waals surface area contributed by atoms with Gasteiger partial charge in [0.1, 0.15) is 11.5 Å². The molecule has 25 heavy (non-hydrogen) atoms. The van der Waals surface area contributed by atoms with Crippen molar-refractivity contribution in [3.8, 4) is 11.5 Å². The molecule has 0 atom stereocenters. The smallest absolute Gasteiger partial charge is 0.313 e. The monoisotopic (exact) mass is 351 g/mol. The highest BCUT2D eigenvalue weighted by atomic mass is 16.5. The van der Waals surface area contributed by atoms with Gasteiger partial charge in [0, 0.05) is 25.7 Å². The summed E-state index contributed by atoms with van der Waals surface area (Å²) in [5, 5.41) is 5.17. The van der Waals surface area contributed by atoms with Crippen molar-refractivity contribution < 1.29 is 23.8 Å². The number of ether oxygens (including phenoxy) is 3. The minimum absolute atomic E-state index is 0.414. The third-order valence-electron chi connectivity index (χ3n) is 3.90. The molecule has 2 amide bonds. The Morgan fingerprint density at radius 1 is 1.16 bits per heavy atom. The van der Waals surface area contributed by atoms with E-state index in [2.05, 4.69) is 15.5 Å². The minimum atomic E-state index is -0.727. The van der Waals surface area contributed by atoms with Crippen LogP contribution in [-0.2, 0) is 14.3 Å². The quantitative estimate of drug-likeness (QED) is 0.549. The van der Waals surface area contributed by atoms with Crippen LogP contribution in [0.1, 0.15) is 6.42 Å². The Hall–Kier alpha value is -2.32. The lowest BCUT2D eigenvalue weighted by molar-refractivity contribution is -0.136. The van der Waals surface area contributed by atoms with Gasteiger partial charge >= 0.3 is 11.8 Å². The fourth-order valence-corrected chi connectivity index (χ4v) is 2.49. The standard InChI is InChI=1S/C17H25N3O5/c1-23-13-4-5-14(15(12-13)24-2)19-17(22)16(21)18-6-3-7-20-8-10-25-11-9-20/h4-5,12H,3,6-11H2,1-2H3,(H,18,21)(H,19,22). The molecule has 1 saturated heterocycles. The van der Waals surface area contributed by atoms with Gasteiger partial charge in [-0.15, -0.1) is 0 Å². The minimum Gasteiger partial charge on any atom is -0.497 e. The topological polar surface area (TPSA) is 89.1 Å². The highest BCUT2D eigenvalue weighted by molar-refractivity contribution is 6.39. The average molecular weight is 351 g/mol. The van der Waals surface area contributed by atoms with Crippen LogP contribution in [0.5, 0.6) is 11.5 Å². The highest BCUT2D eigenvalue weighted by Crippen LogP contribution is 2.28. The normalized spacial score (nSPS) is 14.6. The predicted molar refractivity (Wildman–Crippen MR) is 93.1 cm³/mol. The molecule has 0 saturated carbocycles. The Balaban J connectivity index is 1.75. The summed E-state index contributed by atoms with van der Waals surface area (Å²) in [7, 11) is 3.02. The molecular formula is C17H25N3O5. The number of anilines is 1.